The average Bonchev–Trinajstić information content (AvgIpc) is 3.25. The molecule has 5 rings (SSSR count). The highest BCUT2D eigenvalue weighted by Crippen LogP contribution is 2.33. The van der Waals surface area contributed by atoms with Crippen LogP contribution in [-0.4, -0.2) is 65.3 Å². The quantitative estimate of drug-likeness (QED) is 0.482. The summed E-state index contributed by atoms with van der Waals surface area (Å²) in [4.78, 5) is 47.6. The molecule has 4 heterocycles. The summed E-state index contributed by atoms with van der Waals surface area (Å²) < 4.78 is 11.0. The fraction of sp³-hybridized carbons (Fsp3) is 0.292. The first kappa shape index (κ1) is 22.9. The van der Waals surface area contributed by atoms with Crippen LogP contribution in [-0.2, 0) is 9.53 Å². The number of hydrogen-bond donors (Lipinski definition) is 2. The highest BCUT2D eigenvalue weighted by atomic mass is 32.2. The molecule has 0 unspecified atom stereocenters. The van der Waals surface area contributed by atoms with Crippen molar-refractivity contribution in [1.82, 2.24) is 20.2 Å². The van der Waals surface area contributed by atoms with Gasteiger partial charge in [0, 0.05) is 30.2 Å². The minimum absolute atomic E-state index is 0.137. The monoisotopic (exact) mass is 493 g/mol. The highest BCUT2D eigenvalue weighted by molar-refractivity contribution is 8.00. The standard InChI is InChI=1S/C24H23N5O5S/c1-33-14-3-4-17-16(11-14)15(7-9-25-17)19-12-29(24(32)34-19)10-2-8-26-23(31)18-5-6-20-22(27-18)28-21(30)13-35-20/h3-7,9,11,19H,2,8,10,12-13H2,1H3,(H,26,31)(H,27,28,30)/t19-/m0/s1. The zero-order valence-corrected chi connectivity index (χ0v) is 19.8. The number of aromatic nitrogens is 2. The van der Waals surface area contributed by atoms with Crippen molar-refractivity contribution >= 4 is 46.4 Å². The Morgan fingerprint density at radius 2 is 2.17 bits per heavy atom. The average molecular weight is 494 g/mol. The summed E-state index contributed by atoms with van der Waals surface area (Å²) in [5, 5.41) is 6.37. The number of benzene rings is 1. The lowest BCUT2D eigenvalue weighted by atomic mass is 10.0. The van der Waals surface area contributed by atoms with Gasteiger partial charge in [0.1, 0.15) is 23.4 Å². The number of fused-ring (bicyclic) bond motifs is 2. The lowest BCUT2D eigenvalue weighted by Crippen LogP contribution is -2.31. The summed E-state index contributed by atoms with van der Waals surface area (Å²) in [6.07, 6.45) is 1.45. The summed E-state index contributed by atoms with van der Waals surface area (Å²) >= 11 is 1.39. The summed E-state index contributed by atoms with van der Waals surface area (Å²) in [7, 11) is 1.60. The van der Waals surface area contributed by atoms with Crippen LogP contribution in [0.2, 0.25) is 0 Å². The number of nitrogens with zero attached hydrogens (tertiary/aromatic N) is 3. The molecular weight excluding hydrogens is 470 g/mol. The zero-order chi connectivity index (χ0) is 24.4. The number of anilines is 1. The van der Waals surface area contributed by atoms with Gasteiger partial charge in [0.05, 0.1) is 29.8 Å². The van der Waals surface area contributed by atoms with Crippen molar-refractivity contribution in [2.24, 2.45) is 0 Å². The number of methoxy groups -OCH3 is 1. The second-order valence-electron chi connectivity index (χ2n) is 8.09. The Hall–Kier alpha value is -3.86. The van der Waals surface area contributed by atoms with Gasteiger partial charge in [-0.05, 0) is 42.8 Å². The topological polar surface area (TPSA) is 123 Å². The van der Waals surface area contributed by atoms with E-state index in [9.17, 15) is 14.4 Å². The van der Waals surface area contributed by atoms with Crippen molar-refractivity contribution in [3.05, 3.63) is 53.9 Å². The Morgan fingerprint density at radius 1 is 1.29 bits per heavy atom. The van der Waals surface area contributed by atoms with Crippen LogP contribution in [0.1, 0.15) is 28.6 Å². The lowest BCUT2D eigenvalue weighted by Gasteiger charge is -2.16. The number of carbonyl (C=O) groups excluding carboxylic acids is 3. The largest absolute Gasteiger partial charge is 0.497 e. The maximum atomic E-state index is 12.5. The van der Waals surface area contributed by atoms with Crippen molar-refractivity contribution in [2.75, 3.05) is 37.8 Å². The molecule has 2 aromatic heterocycles. The molecule has 0 spiro atoms. The molecule has 11 heteroatoms. The Kier molecular flexibility index (Phi) is 6.41. The number of pyridine rings is 2. The smallest absolute Gasteiger partial charge is 0.410 e. The maximum Gasteiger partial charge on any atom is 0.410 e. The summed E-state index contributed by atoms with van der Waals surface area (Å²) in [6.45, 7) is 1.21. The molecule has 1 atom stereocenters. The van der Waals surface area contributed by atoms with E-state index in [0.29, 0.717) is 43.4 Å². The number of ether oxygens (including phenoxy) is 2. The predicted octanol–water partition coefficient (Wildman–Crippen LogP) is 3.00. The fourth-order valence-corrected chi connectivity index (χ4v) is 4.82. The van der Waals surface area contributed by atoms with Crippen molar-refractivity contribution in [3.63, 3.8) is 0 Å². The van der Waals surface area contributed by atoms with Gasteiger partial charge in [0.15, 0.2) is 0 Å². The van der Waals surface area contributed by atoms with Gasteiger partial charge in [0.25, 0.3) is 5.91 Å². The second kappa shape index (κ2) is 9.79. The van der Waals surface area contributed by atoms with E-state index in [0.717, 1.165) is 21.4 Å². The van der Waals surface area contributed by atoms with Crippen LogP contribution in [0.15, 0.2) is 47.5 Å². The van der Waals surface area contributed by atoms with Crippen LogP contribution in [0, 0.1) is 0 Å². The SMILES string of the molecule is COc1ccc2nccc([C@@H]3CN(CCCNC(=O)c4ccc5c(n4)NC(=O)CS5)C(=O)O3)c2c1. The summed E-state index contributed by atoms with van der Waals surface area (Å²) in [5.74, 6) is 0.981. The number of hydrogen-bond acceptors (Lipinski definition) is 8. The molecular formula is C24H23N5O5S. The molecule has 0 aliphatic carbocycles. The van der Waals surface area contributed by atoms with Gasteiger partial charge in [-0.15, -0.1) is 11.8 Å². The molecule has 10 nitrogen and oxygen atoms in total. The van der Waals surface area contributed by atoms with Gasteiger partial charge < -0.3 is 25.0 Å². The van der Waals surface area contributed by atoms with Crippen LogP contribution < -0.4 is 15.4 Å². The number of amides is 3. The fourth-order valence-electron chi connectivity index (χ4n) is 4.06. The van der Waals surface area contributed by atoms with E-state index in [1.54, 1.807) is 30.3 Å². The second-order valence-corrected chi connectivity index (χ2v) is 9.11. The molecule has 2 N–H and O–H groups in total. The van der Waals surface area contributed by atoms with Crippen LogP contribution in [0.4, 0.5) is 10.6 Å². The van der Waals surface area contributed by atoms with Crippen molar-refractivity contribution in [3.8, 4) is 5.75 Å². The minimum Gasteiger partial charge on any atom is -0.497 e. The number of rotatable bonds is 7. The molecule has 180 valence electrons. The molecule has 1 fully saturated rings. The van der Waals surface area contributed by atoms with E-state index in [2.05, 4.69) is 20.6 Å². The van der Waals surface area contributed by atoms with E-state index in [1.165, 1.54) is 11.8 Å². The van der Waals surface area contributed by atoms with Gasteiger partial charge in [-0.25, -0.2) is 9.78 Å². The molecule has 2 aliphatic rings. The first-order valence-corrected chi connectivity index (χ1v) is 12.1. The molecule has 1 saturated heterocycles. The molecule has 0 bridgehead atoms. The first-order valence-electron chi connectivity index (χ1n) is 11.1. The molecule has 3 aromatic rings. The van der Waals surface area contributed by atoms with Crippen molar-refractivity contribution in [2.45, 2.75) is 17.4 Å². The molecule has 35 heavy (non-hydrogen) atoms. The predicted molar refractivity (Wildman–Crippen MR) is 130 cm³/mol. The minimum atomic E-state index is -0.414. The van der Waals surface area contributed by atoms with Gasteiger partial charge in [-0.3, -0.25) is 14.6 Å². The van der Waals surface area contributed by atoms with Gasteiger partial charge in [-0.1, -0.05) is 0 Å². The van der Waals surface area contributed by atoms with Crippen LogP contribution >= 0.6 is 11.8 Å². The maximum absolute atomic E-state index is 12.5. The normalized spacial score (nSPS) is 17.1. The van der Waals surface area contributed by atoms with Crippen molar-refractivity contribution in [1.29, 1.82) is 0 Å². The number of nitrogens with one attached hydrogen (secondary N) is 2. The van der Waals surface area contributed by atoms with Crippen molar-refractivity contribution < 1.29 is 23.9 Å². The Labute approximate surface area is 205 Å². The number of thioether (sulfide) groups is 1. The van der Waals surface area contributed by atoms with E-state index in [-0.39, 0.29) is 17.5 Å². The van der Waals surface area contributed by atoms with E-state index in [4.69, 9.17) is 9.47 Å². The molecule has 3 amide bonds. The van der Waals surface area contributed by atoms with Crippen LogP contribution in [0.25, 0.3) is 10.9 Å². The number of carbonyl (C=O) groups is 3. The zero-order valence-electron chi connectivity index (χ0n) is 18.9. The van der Waals surface area contributed by atoms with E-state index >= 15 is 0 Å². The Morgan fingerprint density at radius 3 is 3.03 bits per heavy atom. The molecule has 1 aromatic carbocycles. The van der Waals surface area contributed by atoms with Crippen LogP contribution in [0.3, 0.4) is 0 Å². The first-order chi connectivity index (χ1) is 17.0. The Balaban J connectivity index is 1.16. The summed E-state index contributed by atoms with van der Waals surface area (Å²) in [5.41, 5.74) is 1.91. The van der Waals surface area contributed by atoms with Gasteiger partial charge in [-0.2, -0.15) is 0 Å². The third kappa shape index (κ3) is 4.85. The molecule has 0 saturated carbocycles. The number of cyclic esters (lactones) is 1. The molecule has 2 aliphatic heterocycles. The molecule has 0 radical (unpaired) electrons. The van der Waals surface area contributed by atoms with Gasteiger partial charge in [0.2, 0.25) is 5.91 Å². The van der Waals surface area contributed by atoms with Crippen LogP contribution in [0.5, 0.6) is 5.75 Å². The van der Waals surface area contributed by atoms with E-state index in [1.807, 2.05) is 24.3 Å². The van der Waals surface area contributed by atoms with Gasteiger partial charge >= 0.3 is 6.09 Å². The Bertz CT molecular complexity index is 1320. The highest BCUT2D eigenvalue weighted by Gasteiger charge is 2.33. The lowest BCUT2D eigenvalue weighted by molar-refractivity contribution is -0.113. The third-order valence-electron chi connectivity index (χ3n) is 5.81. The van der Waals surface area contributed by atoms with E-state index < -0.39 is 12.2 Å². The third-order valence-corrected chi connectivity index (χ3v) is 6.86. The summed E-state index contributed by atoms with van der Waals surface area (Å²) in [6, 6.07) is 10.9.